The lowest BCUT2D eigenvalue weighted by Gasteiger charge is -2.31. The molecule has 0 bridgehead atoms. The van der Waals surface area contributed by atoms with Crippen molar-refractivity contribution in [3.63, 3.8) is 0 Å². The minimum atomic E-state index is -0.951. The average molecular weight is 354 g/mol. The fraction of sp³-hybridized carbons (Fsp3) is 0.562. The third-order valence-electron chi connectivity index (χ3n) is 3.67. The van der Waals surface area contributed by atoms with Gasteiger partial charge in [0.1, 0.15) is 12.3 Å². The predicted molar refractivity (Wildman–Crippen MR) is 95.2 cm³/mol. The third kappa shape index (κ3) is 5.99. The van der Waals surface area contributed by atoms with Crippen LogP contribution in [0.25, 0.3) is 0 Å². The van der Waals surface area contributed by atoms with E-state index >= 15 is 0 Å². The molecule has 5 nitrogen and oxygen atoms in total. The maximum absolute atomic E-state index is 11.3. The molecule has 1 fully saturated rings. The summed E-state index contributed by atoms with van der Waals surface area (Å²) in [6, 6.07) is 4.48. The van der Waals surface area contributed by atoms with Gasteiger partial charge in [-0.2, -0.15) is 0 Å². The van der Waals surface area contributed by atoms with Crippen LogP contribution in [0, 0.1) is 0 Å². The zero-order valence-corrected chi connectivity index (χ0v) is 14.9. The van der Waals surface area contributed by atoms with Crippen molar-refractivity contribution < 1.29 is 14.7 Å². The number of rotatable bonds is 7. The molecule has 0 amide bonds. The van der Waals surface area contributed by atoms with Gasteiger partial charge < -0.3 is 10.0 Å². The second-order valence-electron chi connectivity index (χ2n) is 5.63. The SMILES string of the molecule is CC(=O)CSC(=NCC(=O)O)N(Cc1cccs1)C1CCCC1. The third-order valence-corrected chi connectivity index (χ3v) is 5.71. The largest absolute Gasteiger partial charge is 0.480 e. The van der Waals surface area contributed by atoms with Crippen molar-refractivity contribution in [3.05, 3.63) is 22.4 Å². The second-order valence-corrected chi connectivity index (χ2v) is 7.60. The van der Waals surface area contributed by atoms with E-state index in [0.717, 1.165) is 19.4 Å². The summed E-state index contributed by atoms with van der Waals surface area (Å²) in [6.45, 7) is 2.01. The molecule has 0 atom stereocenters. The fourth-order valence-corrected chi connectivity index (χ4v) is 4.23. The molecule has 1 heterocycles. The molecule has 23 heavy (non-hydrogen) atoms. The number of ketones is 1. The van der Waals surface area contributed by atoms with Gasteiger partial charge in [-0.05, 0) is 31.2 Å². The monoisotopic (exact) mass is 354 g/mol. The van der Waals surface area contributed by atoms with Gasteiger partial charge in [0.05, 0.1) is 12.3 Å². The van der Waals surface area contributed by atoms with Crippen LogP contribution < -0.4 is 0 Å². The van der Waals surface area contributed by atoms with E-state index in [1.807, 2.05) is 11.4 Å². The number of carbonyl (C=O) groups is 2. The zero-order chi connectivity index (χ0) is 16.7. The molecule has 1 N–H and O–H groups in total. The number of carbonyl (C=O) groups excluding carboxylic acids is 1. The number of hydrogen-bond donors (Lipinski definition) is 1. The van der Waals surface area contributed by atoms with Crippen LogP contribution >= 0.6 is 23.1 Å². The van der Waals surface area contributed by atoms with E-state index in [1.54, 1.807) is 18.3 Å². The van der Waals surface area contributed by atoms with E-state index in [4.69, 9.17) is 5.11 Å². The lowest BCUT2D eigenvalue weighted by molar-refractivity contribution is -0.135. The summed E-state index contributed by atoms with van der Waals surface area (Å²) >= 11 is 3.04. The molecule has 0 saturated heterocycles. The molecule has 0 radical (unpaired) electrons. The first kappa shape index (κ1) is 18.0. The van der Waals surface area contributed by atoms with Gasteiger partial charge >= 0.3 is 5.97 Å². The van der Waals surface area contributed by atoms with Crippen molar-refractivity contribution >= 4 is 40.0 Å². The van der Waals surface area contributed by atoms with Gasteiger partial charge in [0.2, 0.25) is 0 Å². The fourth-order valence-electron chi connectivity index (χ4n) is 2.66. The molecule has 0 aromatic carbocycles. The number of amidine groups is 1. The number of thioether (sulfide) groups is 1. The highest BCUT2D eigenvalue weighted by atomic mass is 32.2. The van der Waals surface area contributed by atoms with Crippen LogP contribution in [-0.4, -0.2) is 45.3 Å². The van der Waals surface area contributed by atoms with Crippen LogP contribution in [0.3, 0.4) is 0 Å². The van der Waals surface area contributed by atoms with Crippen molar-refractivity contribution in [2.24, 2.45) is 4.99 Å². The number of hydrogen-bond acceptors (Lipinski definition) is 5. The highest BCUT2D eigenvalue weighted by Gasteiger charge is 2.26. The van der Waals surface area contributed by atoms with Crippen LogP contribution in [0.2, 0.25) is 0 Å². The quantitative estimate of drug-likeness (QED) is 0.601. The molecule has 2 rings (SSSR count). The number of aliphatic carboxylic acids is 1. The Kier molecular flexibility index (Phi) is 7.11. The number of thiophene rings is 1. The van der Waals surface area contributed by atoms with Gasteiger partial charge in [-0.3, -0.25) is 14.6 Å². The first-order valence-electron chi connectivity index (χ1n) is 7.73. The van der Waals surface area contributed by atoms with Crippen LogP contribution in [0.1, 0.15) is 37.5 Å². The summed E-state index contributed by atoms with van der Waals surface area (Å²) in [6.07, 6.45) is 4.57. The Balaban J connectivity index is 2.19. The molecule has 0 aliphatic heterocycles. The first-order valence-corrected chi connectivity index (χ1v) is 9.60. The zero-order valence-electron chi connectivity index (χ0n) is 13.2. The van der Waals surface area contributed by atoms with E-state index in [9.17, 15) is 9.59 Å². The Bertz CT molecular complexity index is 552. The number of carboxylic acids is 1. The highest BCUT2D eigenvalue weighted by molar-refractivity contribution is 8.14. The Labute approximate surface area is 144 Å². The summed E-state index contributed by atoms with van der Waals surface area (Å²) in [4.78, 5) is 29.9. The molecule has 1 aromatic heterocycles. The minimum absolute atomic E-state index is 0.0699. The number of Topliss-reactive ketones (excluding diaryl/α,β-unsaturated/α-hetero) is 1. The molecule has 126 valence electrons. The summed E-state index contributed by atoms with van der Waals surface area (Å²) in [5.74, 6) is -0.555. The summed E-state index contributed by atoms with van der Waals surface area (Å²) in [7, 11) is 0. The molecule has 1 saturated carbocycles. The van der Waals surface area contributed by atoms with Crippen molar-refractivity contribution in [1.29, 1.82) is 0 Å². The lowest BCUT2D eigenvalue weighted by atomic mass is 10.2. The molecule has 7 heteroatoms. The molecule has 1 aliphatic carbocycles. The highest BCUT2D eigenvalue weighted by Crippen LogP contribution is 2.28. The average Bonchev–Trinajstić information content (AvgIpc) is 3.18. The smallest absolute Gasteiger partial charge is 0.325 e. The normalized spacial score (nSPS) is 15.8. The van der Waals surface area contributed by atoms with E-state index in [1.165, 1.54) is 29.5 Å². The Morgan fingerprint density at radius 1 is 1.43 bits per heavy atom. The van der Waals surface area contributed by atoms with Crippen LogP contribution in [0.5, 0.6) is 0 Å². The molecular weight excluding hydrogens is 332 g/mol. The van der Waals surface area contributed by atoms with Crippen molar-refractivity contribution in [2.75, 3.05) is 12.3 Å². The van der Waals surface area contributed by atoms with Crippen LogP contribution in [-0.2, 0) is 16.1 Å². The Morgan fingerprint density at radius 3 is 2.74 bits per heavy atom. The van der Waals surface area contributed by atoms with Crippen molar-refractivity contribution in [2.45, 2.75) is 45.2 Å². The van der Waals surface area contributed by atoms with E-state index < -0.39 is 5.97 Å². The maximum atomic E-state index is 11.3. The second kappa shape index (κ2) is 9.08. The van der Waals surface area contributed by atoms with Crippen molar-refractivity contribution in [1.82, 2.24) is 4.90 Å². The molecule has 1 aliphatic rings. The van der Waals surface area contributed by atoms with Crippen LogP contribution in [0.4, 0.5) is 0 Å². The topological polar surface area (TPSA) is 70.0 Å². The Hall–Kier alpha value is -1.34. The van der Waals surface area contributed by atoms with Gasteiger partial charge in [-0.25, -0.2) is 0 Å². The van der Waals surface area contributed by atoms with E-state index in [-0.39, 0.29) is 12.3 Å². The predicted octanol–water partition coefficient (Wildman–Crippen LogP) is 3.26. The Morgan fingerprint density at radius 2 is 2.17 bits per heavy atom. The standard InChI is InChI=1S/C16H22N2O3S2/c1-12(19)11-23-16(17-9-15(20)21)18(13-5-2-3-6-13)10-14-7-4-8-22-14/h4,7-8,13H,2-3,5-6,9-11H2,1H3,(H,20,21). The maximum Gasteiger partial charge on any atom is 0.325 e. The molecular formula is C16H22N2O3S2. The van der Waals surface area contributed by atoms with Gasteiger partial charge in [0.15, 0.2) is 5.17 Å². The van der Waals surface area contributed by atoms with Gasteiger partial charge in [0.25, 0.3) is 0 Å². The molecule has 1 aromatic rings. The molecule has 0 unspecified atom stereocenters. The lowest BCUT2D eigenvalue weighted by Crippen LogP contribution is -2.37. The molecule has 0 spiro atoms. The van der Waals surface area contributed by atoms with Gasteiger partial charge in [0, 0.05) is 10.9 Å². The number of aliphatic imine (C=N–C) groups is 1. The summed E-state index contributed by atoms with van der Waals surface area (Å²) < 4.78 is 0. The number of nitrogens with zero attached hydrogens (tertiary/aromatic N) is 2. The van der Waals surface area contributed by atoms with E-state index in [0.29, 0.717) is 17.0 Å². The van der Waals surface area contributed by atoms with Crippen molar-refractivity contribution in [3.8, 4) is 0 Å². The van der Waals surface area contributed by atoms with E-state index in [2.05, 4.69) is 16.0 Å². The summed E-state index contributed by atoms with van der Waals surface area (Å²) in [5.41, 5.74) is 0. The van der Waals surface area contributed by atoms with Gasteiger partial charge in [-0.15, -0.1) is 11.3 Å². The minimum Gasteiger partial charge on any atom is -0.480 e. The summed E-state index contributed by atoms with van der Waals surface area (Å²) in [5, 5.41) is 11.7. The van der Waals surface area contributed by atoms with Crippen LogP contribution in [0.15, 0.2) is 22.5 Å². The first-order chi connectivity index (χ1) is 11.1. The van der Waals surface area contributed by atoms with Gasteiger partial charge in [-0.1, -0.05) is 30.7 Å². The number of carboxylic acid groups (broad SMARTS) is 1.